The van der Waals surface area contributed by atoms with Gasteiger partial charge in [0.15, 0.2) is 0 Å². The normalized spacial score (nSPS) is 22.0. The molecule has 3 nitrogen and oxygen atoms in total. The lowest BCUT2D eigenvalue weighted by Crippen LogP contribution is -2.29. The predicted octanol–water partition coefficient (Wildman–Crippen LogP) is 2.26. The molecule has 1 fully saturated rings. The van der Waals surface area contributed by atoms with Crippen molar-refractivity contribution in [2.24, 2.45) is 5.92 Å². The van der Waals surface area contributed by atoms with Gasteiger partial charge >= 0.3 is 6.09 Å². The van der Waals surface area contributed by atoms with Gasteiger partial charge in [0, 0.05) is 13.1 Å². The van der Waals surface area contributed by atoms with E-state index in [0.29, 0.717) is 12.5 Å². The van der Waals surface area contributed by atoms with Crippen molar-refractivity contribution in [2.45, 2.75) is 33.1 Å². The van der Waals surface area contributed by atoms with Gasteiger partial charge in [-0.15, -0.1) is 0 Å². The highest BCUT2D eigenvalue weighted by molar-refractivity contribution is 5.67. The summed E-state index contributed by atoms with van der Waals surface area (Å²) >= 11 is 0. The molecule has 1 heterocycles. The number of nitrogens with zero attached hydrogens (tertiary/aromatic N) is 1. The fourth-order valence-electron chi connectivity index (χ4n) is 1.86. The monoisotopic (exact) mass is 185 g/mol. The van der Waals surface area contributed by atoms with Crippen LogP contribution in [0.15, 0.2) is 0 Å². The number of hydrogen-bond acceptors (Lipinski definition) is 2. The lowest BCUT2D eigenvalue weighted by atomic mass is 10.0. The lowest BCUT2D eigenvalue weighted by Gasteiger charge is -2.15. The second-order valence-corrected chi connectivity index (χ2v) is 3.59. The summed E-state index contributed by atoms with van der Waals surface area (Å²) in [6.07, 6.45) is 3.45. The van der Waals surface area contributed by atoms with E-state index in [-0.39, 0.29) is 6.09 Å². The van der Waals surface area contributed by atoms with Gasteiger partial charge in [-0.25, -0.2) is 4.79 Å². The number of carbonyl (C=O) groups excluding carboxylic acids is 1. The molecule has 0 spiro atoms. The second kappa shape index (κ2) is 5.10. The second-order valence-electron chi connectivity index (χ2n) is 3.59. The average molecular weight is 185 g/mol. The Morgan fingerprint density at radius 3 is 2.92 bits per heavy atom. The number of likely N-dealkylation sites (tertiary alicyclic amines) is 1. The van der Waals surface area contributed by atoms with Crippen LogP contribution in [0.2, 0.25) is 0 Å². The Labute approximate surface area is 80.1 Å². The van der Waals surface area contributed by atoms with Crippen LogP contribution in [0, 0.1) is 5.92 Å². The number of amides is 1. The summed E-state index contributed by atoms with van der Waals surface area (Å²) in [5.74, 6) is 0.703. The molecule has 1 rings (SSSR count). The zero-order valence-corrected chi connectivity index (χ0v) is 8.58. The molecule has 1 amide bonds. The number of carbonyl (C=O) groups is 1. The van der Waals surface area contributed by atoms with E-state index in [1.165, 1.54) is 12.8 Å². The predicted molar refractivity (Wildman–Crippen MR) is 51.6 cm³/mol. The largest absolute Gasteiger partial charge is 0.450 e. The molecule has 1 aliphatic heterocycles. The molecule has 0 aromatic rings. The third kappa shape index (κ3) is 2.90. The summed E-state index contributed by atoms with van der Waals surface area (Å²) in [6.45, 7) is 6.29. The Bertz CT molecular complexity index is 170. The minimum atomic E-state index is -0.138. The van der Waals surface area contributed by atoms with E-state index in [4.69, 9.17) is 4.74 Å². The van der Waals surface area contributed by atoms with Crippen LogP contribution in [0.3, 0.4) is 0 Å². The fraction of sp³-hybridized carbons (Fsp3) is 0.900. The van der Waals surface area contributed by atoms with Crippen molar-refractivity contribution in [3.05, 3.63) is 0 Å². The maximum Gasteiger partial charge on any atom is 0.409 e. The first-order chi connectivity index (χ1) is 6.27. The summed E-state index contributed by atoms with van der Waals surface area (Å²) < 4.78 is 4.94. The molecule has 76 valence electrons. The van der Waals surface area contributed by atoms with Gasteiger partial charge in [0.1, 0.15) is 0 Å². The molecule has 0 N–H and O–H groups in total. The van der Waals surface area contributed by atoms with Gasteiger partial charge in [-0.05, 0) is 25.7 Å². The third-order valence-electron chi connectivity index (χ3n) is 2.51. The Morgan fingerprint density at radius 1 is 1.54 bits per heavy atom. The molecule has 3 heteroatoms. The highest BCUT2D eigenvalue weighted by Gasteiger charge is 2.25. The molecule has 0 aromatic carbocycles. The number of hydrogen-bond donors (Lipinski definition) is 0. The van der Waals surface area contributed by atoms with E-state index >= 15 is 0 Å². The van der Waals surface area contributed by atoms with Crippen molar-refractivity contribution in [3.63, 3.8) is 0 Å². The molecule has 0 aliphatic carbocycles. The van der Waals surface area contributed by atoms with Crippen LogP contribution in [0.1, 0.15) is 33.1 Å². The summed E-state index contributed by atoms with van der Waals surface area (Å²) in [5.41, 5.74) is 0. The quantitative estimate of drug-likeness (QED) is 0.675. The average Bonchev–Trinajstić information content (AvgIpc) is 2.54. The van der Waals surface area contributed by atoms with Gasteiger partial charge < -0.3 is 9.64 Å². The van der Waals surface area contributed by atoms with E-state index in [0.717, 1.165) is 19.5 Å². The van der Waals surface area contributed by atoms with Gasteiger partial charge in [-0.2, -0.15) is 0 Å². The molecule has 1 saturated heterocycles. The van der Waals surface area contributed by atoms with Crippen LogP contribution in [0.4, 0.5) is 4.79 Å². The van der Waals surface area contributed by atoms with Gasteiger partial charge in [0.05, 0.1) is 6.61 Å². The SMILES string of the molecule is CCCC1CCN(C(=O)OCC)C1. The lowest BCUT2D eigenvalue weighted by molar-refractivity contribution is 0.114. The van der Waals surface area contributed by atoms with Crippen LogP contribution >= 0.6 is 0 Å². The van der Waals surface area contributed by atoms with E-state index in [9.17, 15) is 4.79 Å². The Morgan fingerprint density at radius 2 is 2.31 bits per heavy atom. The molecule has 1 atom stereocenters. The standard InChI is InChI=1S/C10H19NO2/c1-3-5-9-6-7-11(8-9)10(12)13-4-2/h9H,3-8H2,1-2H3. The van der Waals surface area contributed by atoms with Crippen molar-refractivity contribution in [3.8, 4) is 0 Å². The van der Waals surface area contributed by atoms with Gasteiger partial charge in [0.25, 0.3) is 0 Å². The van der Waals surface area contributed by atoms with Crippen molar-refractivity contribution >= 4 is 6.09 Å². The van der Waals surface area contributed by atoms with Crippen LogP contribution < -0.4 is 0 Å². The molecule has 0 aromatic heterocycles. The smallest absolute Gasteiger partial charge is 0.409 e. The fourth-order valence-corrected chi connectivity index (χ4v) is 1.86. The van der Waals surface area contributed by atoms with Crippen molar-refractivity contribution < 1.29 is 9.53 Å². The Hall–Kier alpha value is -0.730. The molecule has 0 saturated carbocycles. The molecular formula is C10H19NO2. The van der Waals surface area contributed by atoms with Crippen LogP contribution in [0.5, 0.6) is 0 Å². The minimum Gasteiger partial charge on any atom is -0.450 e. The molecule has 1 aliphatic rings. The van der Waals surface area contributed by atoms with Crippen LogP contribution in [-0.4, -0.2) is 30.7 Å². The van der Waals surface area contributed by atoms with Crippen molar-refractivity contribution in [1.29, 1.82) is 0 Å². The minimum absolute atomic E-state index is 0.138. The maximum absolute atomic E-state index is 11.3. The summed E-state index contributed by atoms with van der Waals surface area (Å²) in [6, 6.07) is 0. The molecule has 0 bridgehead atoms. The first-order valence-electron chi connectivity index (χ1n) is 5.19. The third-order valence-corrected chi connectivity index (χ3v) is 2.51. The van der Waals surface area contributed by atoms with E-state index in [2.05, 4.69) is 6.92 Å². The highest BCUT2D eigenvalue weighted by Crippen LogP contribution is 2.21. The van der Waals surface area contributed by atoms with Gasteiger partial charge in [0.2, 0.25) is 0 Å². The molecule has 13 heavy (non-hydrogen) atoms. The van der Waals surface area contributed by atoms with E-state index in [1.807, 2.05) is 11.8 Å². The summed E-state index contributed by atoms with van der Waals surface area (Å²) in [4.78, 5) is 13.1. The first-order valence-corrected chi connectivity index (χ1v) is 5.19. The zero-order chi connectivity index (χ0) is 9.68. The zero-order valence-electron chi connectivity index (χ0n) is 8.58. The maximum atomic E-state index is 11.3. The van der Waals surface area contributed by atoms with Gasteiger partial charge in [-0.3, -0.25) is 0 Å². The molecule has 1 unspecified atom stereocenters. The van der Waals surface area contributed by atoms with Crippen molar-refractivity contribution in [1.82, 2.24) is 4.90 Å². The van der Waals surface area contributed by atoms with Crippen molar-refractivity contribution in [2.75, 3.05) is 19.7 Å². The van der Waals surface area contributed by atoms with Gasteiger partial charge in [-0.1, -0.05) is 13.3 Å². The topological polar surface area (TPSA) is 29.5 Å². The number of ether oxygens (including phenoxy) is 1. The molecular weight excluding hydrogens is 166 g/mol. The number of rotatable bonds is 3. The highest BCUT2D eigenvalue weighted by atomic mass is 16.6. The van der Waals surface area contributed by atoms with Crippen LogP contribution in [0.25, 0.3) is 0 Å². The Kier molecular flexibility index (Phi) is 4.06. The Balaban J connectivity index is 2.27. The summed E-state index contributed by atoms with van der Waals surface area (Å²) in [5, 5.41) is 0. The molecule has 0 radical (unpaired) electrons. The van der Waals surface area contributed by atoms with E-state index in [1.54, 1.807) is 0 Å². The van der Waals surface area contributed by atoms with E-state index < -0.39 is 0 Å². The first kappa shape index (κ1) is 10.4. The summed E-state index contributed by atoms with van der Waals surface area (Å²) in [7, 11) is 0. The van der Waals surface area contributed by atoms with Crippen LogP contribution in [-0.2, 0) is 4.74 Å².